The van der Waals surface area contributed by atoms with Gasteiger partial charge in [0.05, 0.1) is 10.5 Å². The molecule has 5 heteroatoms. The Balaban J connectivity index is 1.89. The van der Waals surface area contributed by atoms with E-state index in [9.17, 15) is 4.39 Å². The maximum atomic E-state index is 13.5. The van der Waals surface area contributed by atoms with Crippen molar-refractivity contribution in [3.8, 4) is 0 Å². The summed E-state index contributed by atoms with van der Waals surface area (Å²) in [5.41, 5.74) is 5.80. The highest BCUT2D eigenvalue weighted by Crippen LogP contribution is 2.33. The zero-order chi connectivity index (χ0) is 19.1. The summed E-state index contributed by atoms with van der Waals surface area (Å²) >= 11 is 12.3. The standard InChI is InChI=1S/C22H21Cl2FN2/c1-14(15-3-5-20(25)19(24)11-15)13-27-21-6-4-16(23)12-18(21)17-7-9-26(2)10-8-22(17)27/h3-6,11-13H,7-10H2,1-2H3. The molecule has 0 N–H and O–H groups in total. The van der Waals surface area contributed by atoms with Gasteiger partial charge in [0.25, 0.3) is 0 Å². The molecule has 2 nitrogen and oxygen atoms in total. The maximum Gasteiger partial charge on any atom is 0.141 e. The van der Waals surface area contributed by atoms with E-state index in [1.807, 2.05) is 13.0 Å². The number of rotatable bonds is 2. The number of aromatic nitrogens is 1. The molecule has 0 saturated heterocycles. The highest BCUT2D eigenvalue weighted by atomic mass is 35.5. The second kappa shape index (κ2) is 7.31. The van der Waals surface area contributed by atoms with Crippen molar-refractivity contribution in [2.45, 2.75) is 19.8 Å². The van der Waals surface area contributed by atoms with Crippen LogP contribution in [0, 0.1) is 5.82 Å². The largest absolute Gasteiger partial charge is 0.320 e. The third kappa shape index (κ3) is 3.52. The van der Waals surface area contributed by atoms with Crippen LogP contribution in [0.5, 0.6) is 0 Å². The van der Waals surface area contributed by atoms with Crippen molar-refractivity contribution in [2.24, 2.45) is 0 Å². The molecule has 1 aliphatic heterocycles. The number of nitrogens with zero attached hydrogens (tertiary/aromatic N) is 2. The Bertz CT molecular complexity index is 1050. The number of allylic oxidation sites excluding steroid dienone is 1. The number of halogens is 3. The Morgan fingerprint density at radius 1 is 1.07 bits per heavy atom. The molecule has 2 heterocycles. The predicted octanol–water partition coefficient (Wildman–Crippen LogP) is 6.14. The lowest BCUT2D eigenvalue weighted by Crippen LogP contribution is -2.21. The van der Waals surface area contributed by atoms with Crippen molar-refractivity contribution >= 4 is 45.9 Å². The highest BCUT2D eigenvalue weighted by molar-refractivity contribution is 6.31. The van der Waals surface area contributed by atoms with Gasteiger partial charge in [-0.2, -0.15) is 0 Å². The first kappa shape index (κ1) is 18.5. The van der Waals surface area contributed by atoms with Crippen molar-refractivity contribution in [1.82, 2.24) is 9.47 Å². The first-order valence-electron chi connectivity index (χ1n) is 9.07. The summed E-state index contributed by atoms with van der Waals surface area (Å²) in [5, 5.41) is 2.12. The summed E-state index contributed by atoms with van der Waals surface area (Å²) in [6.45, 7) is 4.09. The fraction of sp³-hybridized carbons (Fsp3) is 0.273. The smallest absolute Gasteiger partial charge is 0.141 e. The Kier molecular flexibility index (Phi) is 5.02. The SMILES string of the molecule is CC(=Cn1c2c(c3cc(Cl)ccc31)CCN(C)CC2)c1ccc(F)c(Cl)c1. The van der Waals surface area contributed by atoms with E-state index in [1.165, 1.54) is 22.7 Å². The van der Waals surface area contributed by atoms with Gasteiger partial charge < -0.3 is 9.47 Å². The fourth-order valence-electron chi connectivity index (χ4n) is 3.82. The third-order valence-corrected chi connectivity index (χ3v) is 5.88. The van der Waals surface area contributed by atoms with Crippen molar-refractivity contribution in [1.29, 1.82) is 0 Å². The zero-order valence-corrected chi connectivity index (χ0v) is 16.9. The van der Waals surface area contributed by atoms with Crippen molar-refractivity contribution in [2.75, 3.05) is 20.1 Å². The molecule has 0 spiro atoms. The van der Waals surface area contributed by atoms with Crippen molar-refractivity contribution in [3.05, 3.63) is 69.1 Å². The van der Waals surface area contributed by atoms with E-state index >= 15 is 0 Å². The van der Waals surface area contributed by atoms with Crippen LogP contribution < -0.4 is 0 Å². The van der Waals surface area contributed by atoms with Crippen LogP contribution in [0.15, 0.2) is 36.4 Å². The summed E-state index contributed by atoms with van der Waals surface area (Å²) in [6.07, 6.45) is 4.11. The quantitative estimate of drug-likeness (QED) is 0.499. The van der Waals surface area contributed by atoms with Crippen LogP contribution >= 0.6 is 23.2 Å². The van der Waals surface area contributed by atoms with Gasteiger partial charge >= 0.3 is 0 Å². The summed E-state index contributed by atoms with van der Waals surface area (Å²) in [5.74, 6) is -0.397. The van der Waals surface area contributed by atoms with E-state index < -0.39 is 5.82 Å². The van der Waals surface area contributed by atoms with E-state index in [0.29, 0.717) is 0 Å². The molecule has 1 aliphatic rings. The molecule has 140 valence electrons. The second-order valence-electron chi connectivity index (χ2n) is 7.20. The summed E-state index contributed by atoms with van der Waals surface area (Å²) in [7, 11) is 2.16. The lowest BCUT2D eigenvalue weighted by molar-refractivity contribution is 0.351. The first-order chi connectivity index (χ1) is 12.9. The zero-order valence-electron chi connectivity index (χ0n) is 15.4. The molecule has 4 rings (SSSR count). The van der Waals surface area contributed by atoms with E-state index in [2.05, 4.69) is 34.8 Å². The van der Waals surface area contributed by atoms with Crippen LogP contribution in [0.25, 0.3) is 22.7 Å². The summed E-state index contributed by atoms with van der Waals surface area (Å²) < 4.78 is 15.8. The second-order valence-corrected chi connectivity index (χ2v) is 8.04. The van der Waals surface area contributed by atoms with Gasteiger partial charge in [-0.15, -0.1) is 0 Å². The normalized spacial score (nSPS) is 15.8. The third-order valence-electron chi connectivity index (χ3n) is 5.35. The minimum absolute atomic E-state index is 0.143. The Hall–Kier alpha value is -1.81. The van der Waals surface area contributed by atoms with Crippen molar-refractivity contribution < 1.29 is 4.39 Å². The molecule has 0 unspecified atom stereocenters. The molecular weight excluding hydrogens is 382 g/mol. The van der Waals surface area contributed by atoms with Crippen LogP contribution in [0.2, 0.25) is 10.0 Å². The Morgan fingerprint density at radius 3 is 2.63 bits per heavy atom. The van der Waals surface area contributed by atoms with Gasteiger partial charge in [0.2, 0.25) is 0 Å². The monoisotopic (exact) mass is 402 g/mol. The lowest BCUT2D eigenvalue weighted by atomic mass is 10.1. The molecule has 0 saturated carbocycles. The van der Waals surface area contributed by atoms with Crippen LogP contribution in [0.1, 0.15) is 23.7 Å². The molecule has 0 amide bonds. The van der Waals surface area contributed by atoms with Crippen LogP contribution in [0.3, 0.4) is 0 Å². The van der Waals surface area contributed by atoms with Gasteiger partial charge in [-0.25, -0.2) is 4.39 Å². The molecule has 0 fully saturated rings. The summed E-state index contributed by atoms with van der Waals surface area (Å²) in [4.78, 5) is 2.36. The topological polar surface area (TPSA) is 8.17 Å². The van der Waals surface area contributed by atoms with E-state index in [1.54, 1.807) is 12.1 Å². The molecule has 2 aromatic carbocycles. The number of fused-ring (bicyclic) bond motifs is 3. The predicted molar refractivity (Wildman–Crippen MR) is 113 cm³/mol. The van der Waals surface area contributed by atoms with Gasteiger partial charge in [0.1, 0.15) is 5.82 Å². The van der Waals surface area contributed by atoms with E-state index in [-0.39, 0.29) is 5.02 Å². The molecule has 3 aromatic rings. The first-order valence-corrected chi connectivity index (χ1v) is 9.83. The fourth-order valence-corrected chi connectivity index (χ4v) is 4.18. The maximum absolute atomic E-state index is 13.5. The Morgan fingerprint density at radius 2 is 1.85 bits per heavy atom. The molecule has 1 aromatic heterocycles. The van der Waals surface area contributed by atoms with E-state index in [0.717, 1.165) is 47.6 Å². The van der Waals surface area contributed by atoms with Gasteiger partial charge in [-0.05, 0) is 67.4 Å². The average Bonchev–Trinajstić information content (AvgIpc) is 2.78. The molecular formula is C22H21Cl2FN2. The van der Waals surface area contributed by atoms with Crippen molar-refractivity contribution in [3.63, 3.8) is 0 Å². The molecule has 27 heavy (non-hydrogen) atoms. The van der Waals surface area contributed by atoms with Gasteiger partial charge in [-0.1, -0.05) is 29.3 Å². The molecule has 0 aliphatic carbocycles. The molecule has 0 radical (unpaired) electrons. The number of hydrogen-bond acceptors (Lipinski definition) is 1. The average molecular weight is 403 g/mol. The lowest BCUT2D eigenvalue weighted by Gasteiger charge is -2.13. The minimum Gasteiger partial charge on any atom is -0.320 e. The molecule has 0 atom stereocenters. The van der Waals surface area contributed by atoms with Gasteiger partial charge in [0, 0.05) is 41.8 Å². The van der Waals surface area contributed by atoms with Gasteiger partial charge in [0.15, 0.2) is 0 Å². The Labute approximate surface area is 168 Å². The summed E-state index contributed by atoms with van der Waals surface area (Å²) in [6, 6.07) is 10.9. The highest BCUT2D eigenvalue weighted by Gasteiger charge is 2.20. The minimum atomic E-state index is -0.397. The van der Waals surface area contributed by atoms with Crippen LogP contribution in [0.4, 0.5) is 4.39 Å². The number of hydrogen-bond donors (Lipinski definition) is 0. The van der Waals surface area contributed by atoms with E-state index in [4.69, 9.17) is 23.2 Å². The van der Waals surface area contributed by atoms with Gasteiger partial charge in [-0.3, -0.25) is 0 Å². The van der Waals surface area contributed by atoms with Crippen LogP contribution in [-0.4, -0.2) is 29.6 Å². The molecule has 0 bridgehead atoms. The van der Waals surface area contributed by atoms with Crippen LogP contribution in [-0.2, 0) is 12.8 Å². The number of benzene rings is 2. The number of likely N-dealkylation sites (N-methyl/N-ethyl adjacent to an activating group) is 1.